The number of alkyl halides is 1. The zero-order valence-electron chi connectivity index (χ0n) is 26.6. The van der Waals surface area contributed by atoms with Gasteiger partial charge in [-0.25, -0.2) is 8.78 Å². The Kier molecular flexibility index (Phi) is 8.94. The Bertz CT molecular complexity index is 1730. The zero-order chi connectivity index (χ0) is 32.5. The molecule has 0 radical (unpaired) electrons. The van der Waals surface area contributed by atoms with Crippen LogP contribution in [0.25, 0.3) is 10.9 Å². The van der Waals surface area contributed by atoms with E-state index in [1.807, 2.05) is 41.3 Å². The van der Waals surface area contributed by atoms with Gasteiger partial charge in [-0.15, -0.1) is 0 Å². The molecule has 1 aliphatic carbocycles. The van der Waals surface area contributed by atoms with Crippen molar-refractivity contribution < 1.29 is 23.1 Å². The molecule has 4 aromatic rings. The molecule has 2 saturated heterocycles. The molecule has 2 aliphatic heterocycles. The predicted molar refractivity (Wildman–Crippen MR) is 178 cm³/mol. The number of hydrogen-bond acceptors (Lipinski definition) is 5. The second kappa shape index (κ2) is 13.4. The summed E-state index contributed by atoms with van der Waals surface area (Å²) in [6.07, 6.45) is 6.83. The summed E-state index contributed by atoms with van der Waals surface area (Å²) in [4.78, 5) is 30.7. The summed E-state index contributed by atoms with van der Waals surface area (Å²) in [6, 6.07) is 17.9. The maximum Gasteiger partial charge on any atom is 0.257 e. The number of aryl methyl sites for hydroxylation is 2. The first-order valence-electron chi connectivity index (χ1n) is 16.8. The number of ether oxygens (including phenoxy) is 1. The molecule has 246 valence electrons. The number of nitrogens with zero attached hydrogens (tertiary/aromatic N) is 3. The third-order valence-corrected chi connectivity index (χ3v) is 10.3. The molecule has 8 nitrogen and oxygen atoms in total. The Morgan fingerprint density at radius 3 is 2.55 bits per heavy atom. The summed E-state index contributed by atoms with van der Waals surface area (Å²) in [6.45, 7) is 2.87. The van der Waals surface area contributed by atoms with Gasteiger partial charge < -0.3 is 20.3 Å². The molecule has 0 spiro atoms. The first kappa shape index (κ1) is 31.3. The van der Waals surface area contributed by atoms with E-state index < -0.39 is 24.5 Å². The summed E-state index contributed by atoms with van der Waals surface area (Å²) < 4.78 is 35.5. The number of fused-ring (bicyclic) bond motifs is 2. The van der Waals surface area contributed by atoms with Gasteiger partial charge in [-0.1, -0.05) is 30.7 Å². The van der Waals surface area contributed by atoms with Crippen LogP contribution < -0.4 is 10.6 Å². The summed E-state index contributed by atoms with van der Waals surface area (Å²) in [7, 11) is 0. The number of piperidine rings is 1. The van der Waals surface area contributed by atoms with E-state index in [1.165, 1.54) is 6.07 Å². The standard InChI is InChI=1S/C37H41F2N5O3/c1-23-4-2-6-31(39)34(23)37(46)44-33-7-3-5-25(33)21-30(35(44)24-8-10-27(11-9-24)41-28-14-18-47-19-15-28)36(45)42-29-12-13-32-26(20-29)22-40-43(32)17-16-38/h2,4,6,8-13,20,22,25,28,30,33,35,41H,3,5,7,14-19,21H2,1H3,(H,42,45)/t25-,30+,33-,35+/m1/s1. The molecule has 0 bridgehead atoms. The van der Waals surface area contributed by atoms with Crippen LogP contribution in [-0.4, -0.2) is 58.5 Å². The summed E-state index contributed by atoms with van der Waals surface area (Å²) in [5, 5.41) is 11.8. The highest BCUT2D eigenvalue weighted by Crippen LogP contribution is 2.49. The highest BCUT2D eigenvalue weighted by Gasteiger charge is 2.50. The molecular weight excluding hydrogens is 600 g/mol. The van der Waals surface area contributed by atoms with Crippen molar-refractivity contribution in [2.45, 2.75) is 70.1 Å². The quantitative estimate of drug-likeness (QED) is 0.215. The number of amides is 2. The van der Waals surface area contributed by atoms with Crippen LogP contribution >= 0.6 is 0 Å². The van der Waals surface area contributed by atoms with Crippen LogP contribution in [0.2, 0.25) is 0 Å². The number of carbonyl (C=O) groups is 2. The summed E-state index contributed by atoms with van der Waals surface area (Å²) in [5.41, 5.74) is 3.86. The molecular formula is C37H41F2N5O3. The number of anilines is 2. The number of nitrogens with one attached hydrogen (secondary N) is 2. The smallest absolute Gasteiger partial charge is 0.257 e. The van der Waals surface area contributed by atoms with Gasteiger partial charge in [0.05, 0.1) is 35.8 Å². The Labute approximate surface area is 273 Å². The number of hydrogen-bond donors (Lipinski definition) is 2. The van der Waals surface area contributed by atoms with E-state index in [0.29, 0.717) is 23.7 Å². The molecule has 0 unspecified atom stereocenters. The van der Waals surface area contributed by atoms with Crippen LogP contribution in [0.1, 0.15) is 66.1 Å². The van der Waals surface area contributed by atoms with Crippen molar-refractivity contribution in [1.82, 2.24) is 14.7 Å². The van der Waals surface area contributed by atoms with Gasteiger partial charge in [-0.2, -0.15) is 5.10 Å². The van der Waals surface area contributed by atoms with Crippen molar-refractivity contribution >= 4 is 34.1 Å². The number of rotatable bonds is 8. The zero-order valence-corrected chi connectivity index (χ0v) is 26.6. The van der Waals surface area contributed by atoms with Crippen LogP contribution in [0.15, 0.2) is 66.9 Å². The molecule has 2 N–H and O–H groups in total. The van der Waals surface area contributed by atoms with E-state index in [1.54, 1.807) is 36.0 Å². The average molecular weight is 642 g/mol. The molecule has 47 heavy (non-hydrogen) atoms. The Balaban J connectivity index is 1.24. The number of aromatic nitrogens is 2. The number of halogens is 2. The highest BCUT2D eigenvalue weighted by atomic mass is 19.1. The number of likely N-dealkylation sites (tertiary alicyclic amines) is 1. The third kappa shape index (κ3) is 6.23. The van der Waals surface area contributed by atoms with Crippen LogP contribution in [0, 0.1) is 24.6 Å². The first-order chi connectivity index (χ1) is 22.9. The molecule has 3 aromatic carbocycles. The normalized spacial score (nSPS) is 23.1. The Morgan fingerprint density at radius 1 is 1.00 bits per heavy atom. The molecule has 3 heterocycles. The van der Waals surface area contributed by atoms with E-state index in [2.05, 4.69) is 15.7 Å². The molecule has 3 aliphatic rings. The van der Waals surface area contributed by atoms with E-state index in [4.69, 9.17) is 4.74 Å². The molecule has 3 fully saturated rings. The molecule has 10 heteroatoms. The minimum atomic E-state index is -0.589. The minimum Gasteiger partial charge on any atom is -0.382 e. The Hall–Kier alpha value is -4.31. The topological polar surface area (TPSA) is 88.5 Å². The maximum atomic E-state index is 15.4. The SMILES string of the molecule is Cc1cccc(F)c1C(=O)N1[C@@H]2CCC[C@@H]2C[C@H](C(=O)Nc2ccc3c(cnn3CCF)c2)[C@@H]1c1ccc(NC2CCOCC2)cc1. The fraction of sp³-hybridized carbons (Fsp3) is 0.432. The highest BCUT2D eigenvalue weighted by molar-refractivity contribution is 5.99. The fourth-order valence-corrected chi connectivity index (χ4v) is 7.98. The molecule has 1 aromatic heterocycles. The lowest BCUT2D eigenvalue weighted by Crippen LogP contribution is -2.54. The van der Waals surface area contributed by atoms with Crippen molar-refractivity contribution in [3.05, 3.63) is 89.4 Å². The predicted octanol–water partition coefficient (Wildman–Crippen LogP) is 7.06. The summed E-state index contributed by atoms with van der Waals surface area (Å²) >= 11 is 0. The third-order valence-electron chi connectivity index (χ3n) is 10.3. The van der Waals surface area contributed by atoms with E-state index in [9.17, 15) is 14.0 Å². The van der Waals surface area contributed by atoms with Gasteiger partial charge in [0.2, 0.25) is 5.91 Å². The van der Waals surface area contributed by atoms with Gasteiger partial charge >= 0.3 is 0 Å². The van der Waals surface area contributed by atoms with Crippen LogP contribution in [0.3, 0.4) is 0 Å². The van der Waals surface area contributed by atoms with Gasteiger partial charge in [-0.05, 0) is 92.5 Å². The van der Waals surface area contributed by atoms with Gasteiger partial charge in [0.1, 0.15) is 12.5 Å². The van der Waals surface area contributed by atoms with E-state index in [-0.39, 0.29) is 35.9 Å². The van der Waals surface area contributed by atoms with Gasteiger partial charge in [0, 0.05) is 42.1 Å². The van der Waals surface area contributed by atoms with Gasteiger partial charge in [-0.3, -0.25) is 14.3 Å². The fourth-order valence-electron chi connectivity index (χ4n) is 7.98. The Morgan fingerprint density at radius 2 is 1.79 bits per heavy atom. The monoisotopic (exact) mass is 641 g/mol. The molecule has 7 rings (SSSR count). The minimum absolute atomic E-state index is 0.0674. The lowest BCUT2D eigenvalue weighted by molar-refractivity contribution is -0.125. The van der Waals surface area contributed by atoms with Crippen molar-refractivity contribution in [3.8, 4) is 0 Å². The van der Waals surface area contributed by atoms with Gasteiger partial charge in [0.15, 0.2) is 0 Å². The van der Waals surface area contributed by atoms with Crippen molar-refractivity contribution in [1.29, 1.82) is 0 Å². The van der Waals surface area contributed by atoms with Crippen LogP contribution in [0.5, 0.6) is 0 Å². The van der Waals surface area contributed by atoms with Crippen molar-refractivity contribution in [3.63, 3.8) is 0 Å². The van der Waals surface area contributed by atoms with Crippen molar-refractivity contribution in [2.24, 2.45) is 11.8 Å². The van der Waals surface area contributed by atoms with Gasteiger partial charge in [0.25, 0.3) is 5.91 Å². The van der Waals surface area contributed by atoms with Crippen molar-refractivity contribution in [2.75, 3.05) is 30.5 Å². The first-order valence-corrected chi connectivity index (χ1v) is 16.8. The molecule has 4 atom stereocenters. The second-order valence-electron chi connectivity index (χ2n) is 13.2. The second-order valence-corrected chi connectivity index (χ2v) is 13.2. The number of benzene rings is 3. The lowest BCUT2D eigenvalue weighted by atomic mass is 9.76. The summed E-state index contributed by atoms with van der Waals surface area (Å²) in [5.74, 6) is -1.54. The largest absolute Gasteiger partial charge is 0.382 e. The van der Waals surface area contributed by atoms with E-state index >= 15 is 4.39 Å². The lowest BCUT2D eigenvalue weighted by Gasteiger charge is -2.48. The van der Waals surface area contributed by atoms with E-state index in [0.717, 1.165) is 67.5 Å². The maximum absolute atomic E-state index is 15.4. The number of carbonyl (C=O) groups excluding carboxylic acids is 2. The van der Waals surface area contributed by atoms with Crippen LogP contribution in [-0.2, 0) is 16.1 Å². The molecule has 1 saturated carbocycles. The molecule has 2 amide bonds. The average Bonchev–Trinajstić information content (AvgIpc) is 3.71. The van der Waals surface area contributed by atoms with Crippen LogP contribution in [0.4, 0.5) is 20.2 Å².